The number of halogens is 1. The van der Waals surface area contributed by atoms with Crippen molar-refractivity contribution in [1.29, 1.82) is 0 Å². The molecule has 2 N–H and O–H groups in total. The van der Waals surface area contributed by atoms with Gasteiger partial charge in [0.2, 0.25) is 5.91 Å². The molecular formula is C19H31IN4O2. The van der Waals surface area contributed by atoms with Crippen LogP contribution < -0.4 is 10.6 Å². The average molecular weight is 474 g/mol. The molecule has 2 aliphatic carbocycles. The van der Waals surface area contributed by atoms with E-state index in [-0.39, 0.29) is 35.3 Å². The minimum absolute atomic E-state index is 0. The van der Waals surface area contributed by atoms with Crippen LogP contribution in [0.1, 0.15) is 44.9 Å². The van der Waals surface area contributed by atoms with Crippen LogP contribution >= 0.6 is 24.0 Å². The zero-order valence-electron chi connectivity index (χ0n) is 15.6. The number of ether oxygens (including phenoxy) is 1. The fraction of sp³-hybridized carbons (Fsp3) is 0.895. The van der Waals surface area contributed by atoms with Crippen LogP contribution in [0.5, 0.6) is 0 Å². The number of carbonyl (C=O) groups excluding carboxylic acids is 1. The molecule has 2 saturated carbocycles. The zero-order chi connectivity index (χ0) is 17.1. The molecule has 0 radical (unpaired) electrons. The lowest BCUT2D eigenvalue weighted by Crippen LogP contribution is -2.73. The normalized spacial score (nSPS) is 40.5. The van der Waals surface area contributed by atoms with Gasteiger partial charge in [-0.25, -0.2) is 0 Å². The molecule has 0 aromatic carbocycles. The highest BCUT2D eigenvalue weighted by Crippen LogP contribution is 2.62. The van der Waals surface area contributed by atoms with E-state index in [9.17, 15) is 4.79 Å². The van der Waals surface area contributed by atoms with Crippen LogP contribution in [0.4, 0.5) is 0 Å². The van der Waals surface area contributed by atoms with E-state index >= 15 is 0 Å². The number of carbonyl (C=O) groups is 1. The second kappa shape index (κ2) is 6.79. The molecule has 3 saturated heterocycles. The molecule has 3 heterocycles. The van der Waals surface area contributed by atoms with Gasteiger partial charge in [0.15, 0.2) is 5.96 Å². The van der Waals surface area contributed by atoms with Crippen molar-refractivity contribution in [1.82, 2.24) is 15.5 Å². The Morgan fingerprint density at radius 1 is 1.35 bits per heavy atom. The number of hydrogen-bond donors (Lipinski definition) is 2. The molecular weight excluding hydrogens is 443 g/mol. The molecule has 7 heteroatoms. The molecule has 0 bridgehead atoms. The molecule has 5 fully saturated rings. The summed E-state index contributed by atoms with van der Waals surface area (Å²) in [4.78, 5) is 18.8. The van der Waals surface area contributed by atoms with E-state index in [2.05, 4.69) is 20.5 Å². The Morgan fingerprint density at radius 2 is 2.19 bits per heavy atom. The van der Waals surface area contributed by atoms with Gasteiger partial charge in [-0.3, -0.25) is 9.79 Å². The van der Waals surface area contributed by atoms with Crippen molar-refractivity contribution in [2.75, 3.05) is 33.3 Å². The van der Waals surface area contributed by atoms with Crippen molar-refractivity contribution in [2.45, 2.75) is 57.1 Å². The van der Waals surface area contributed by atoms with Gasteiger partial charge in [-0.2, -0.15) is 0 Å². The van der Waals surface area contributed by atoms with Crippen LogP contribution in [-0.4, -0.2) is 62.2 Å². The summed E-state index contributed by atoms with van der Waals surface area (Å²) in [6, 6.07) is 0.522. The maximum absolute atomic E-state index is 11.8. The molecule has 5 rings (SSSR count). The number of guanidine groups is 1. The first-order valence-electron chi connectivity index (χ1n) is 10.0. The van der Waals surface area contributed by atoms with Gasteiger partial charge in [0.25, 0.3) is 0 Å². The molecule has 0 aromatic heterocycles. The van der Waals surface area contributed by atoms with E-state index in [1.54, 1.807) is 0 Å². The number of aliphatic imine (C=N–C) groups is 1. The van der Waals surface area contributed by atoms with Gasteiger partial charge in [0.05, 0.1) is 6.10 Å². The average Bonchev–Trinajstić information content (AvgIpc) is 3.12. The summed E-state index contributed by atoms with van der Waals surface area (Å²) in [6.07, 6.45) is 8.56. The summed E-state index contributed by atoms with van der Waals surface area (Å²) >= 11 is 0. The molecule has 4 unspecified atom stereocenters. The standard InChI is InChI=1S/C19H30N4O2.HI/c1-20-17(23-8-3-5-18(12-23)10-14(24)21-11-18)22-15-13-4-9-25-16(13)19(15)6-2-7-19;/h13,15-16H,2-12H2,1H3,(H,20,22)(H,21,24);1H. The number of piperidine rings is 1. The van der Waals surface area contributed by atoms with E-state index < -0.39 is 0 Å². The summed E-state index contributed by atoms with van der Waals surface area (Å²) in [5.41, 5.74) is 0.481. The van der Waals surface area contributed by atoms with Crippen LogP contribution in [0.25, 0.3) is 0 Å². The number of amides is 1. The fourth-order valence-corrected chi connectivity index (χ4v) is 6.32. The Kier molecular flexibility index (Phi) is 4.91. The summed E-state index contributed by atoms with van der Waals surface area (Å²) in [6.45, 7) is 3.73. The van der Waals surface area contributed by atoms with Crippen molar-refractivity contribution < 1.29 is 9.53 Å². The van der Waals surface area contributed by atoms with Gasteiger partial charge in [-0.05, 0) is 32.1 Å². The van der Waals surface area contributed by atoms with Crippen LogP contribution in [0.2, 0.25) is 0 Å². The molecule has 146 valence electrons. The predicted octanol–water partition coefficient (Wildman–Crippen LogP) is 1.74. The maximum atomic E-state index is 11.8. The SMILES string of the molecule is CN=C(NC1C2CCOC2C12CCC2)N1CCCC2(CNC(=O)C2)C1.I. The Morgan fingerprint density at radius 3 is 2.85 bits per heavy atom. The highest BCUT2D eigenvalue weighted by atomic mass is 127. The topological polar surface area (TPSA) is 66.0 Å². The van der Waals surface area contributed by atoms with Gasteiger partial charge in [-0.15, -0.1) is 24.0 Å². The number of fused-ring (bicyclic) bond motifs is 2. The second-order valence-corrected chi connectivity index (χ2v) is 8.98. The smallest absolute Gasteiger partial charge is 0.220 e. The fourth-order valence-electron chi connectivity index (χ4n) is 6.32. The first kappa shape index (κ1) is 18.8. The Labute approximate surface area is 172 Å². The minimum Gasteiger partial charge on any atom is -0.377 e. The van der Waals surface area contributed by atoms with E-state index in [4.69, 9.17) is 4.74 Å². The van der Waals surface area contributed by atoms with Gasteiger partial charge < -0.3 is 20.3 Å². The van der Waals surface area contributed by atoms with Gasteiger partial charge in [0.1, 0.15) is 0 Å². The van der Waals surface area contributed by atoms with E-state index in [0.717, 1.165) is 45.0 Å². The second-order valence-electron chi connectivity index (χ2n) is 8.98. The Bertz CT molecular complexity index is 608. The van der Waals surface area contributed by atoms with Crippen molar-refractivity contribution in [3.05, 3.63) is 0 Å². The third-order valence-corrected chi connectivity index (χ3v) is 7.69. The first-order chi connectivity index (χ1) is 12.2. The summed E-state index contributed by atoms with van der Waals surface area (Å²) < 4.78 is 6.05. The molecule has 3 aliphatic heterocycles. The number of hydrogen-bond acceptors (Lipinski definition) is 3. The number of nitrogens with zero attached hydrogens (tertiary/aromatic N) is 2. The van der Waals surface area contributed by atoms with E-state index in [0.29, 0.717) is 29.9 Å². The number of likely N-dealkylation sites (tertiary alicyclic amines) is 1. The summed E-state index contributed by atoms with van der Waals surface area (Å²) in [5.74, 6) is 1.91. The number of nitrogens with one attached hydrogen (secondary N) is 2. The van der Waals surface area contributed by atoms with E-state index in [1.807, 2.05) is 7.05 Å². The van der Waals surface area contributed by atoms with Crippen LogP contribution in [0.3, 0.4) is 0 Å². The third-order valence-electron chi connectivity index (χ3n) is 7.69. The van der Waals surface area contributed by atoms with Crippen molar-refractivity contribution in [3.8, 4) is 0 Å². The van der Waals surface area contributed by atoms with Crippen LogP contribution in [0, 0.1) is 16.7 Å². The lowest BCUT2D eigenvalue weighted by Gasteiger charge is -2.63. The monoisotopic (exact) mass is 474 g/mol. The van der Waals surface area contributed by atoms with Crippen molar-refractivity contribution >= 4 is 35.8 Å². The minimum atomic E-state index is 0. The third kappa shape index (κ3) is 2.67. The Hall–Kier alpha value is -0.570. The maximum Gasteiger partial charge on any atom is 0.220 e. The highest BCUT2D eigenvalue weighted by Gasteiger charge is 2.67. The molecule has 4 atom stereocenters. The predicted molar refractivity (Wildman–Crippen MR) is 111 cm³/mol. The zero-order valence-corrected chi connectivity index (χ0v) is 18.0. The van der Waals surface area contributed by atoms with Crippen LogP contribution in [-0.2, 0) is 9.53 Å². The number of rotatable bonds is 1. The largest absolute Gasteiger partial charge is 0.377 e. The lowest BCUT2D eigenvalue weighted by molar-refractivity contribution is -0.171. The molecule has 5 aliphatic rings. The van der Waals surface area contributed by atoms with Crippen molar-refractivity contribution in [3.63, 3.8) is 0 Å². The summed E-state index contributed by atoms with van der Waals surface area (Å²) in [7, 11) is 1.90. The summed E-state index contributed by atoms with van der Waals surface area (Å²) in [5, 5.41) is 6.89. The molecule has 1 amide bonds. The molecule has 0 aromatic rings. The van der Waals surface area contributed by atoms with Crippen LogP contribution in [0.15, 0.2) is 4.99 Å². The van der Waals surface area contributed by atoms with Gasteiger partial charge in [-0.1, -0.05) is 6.42 Å². The lowest BCUT2D eigenvalue weighted by atomic mass is 9.46. The quantitative estimate of drug-likeness (QED) is 0.345. The Balaban J connectivity index is 0.00000168. The van der Waals surface area contributed by atoms with Gasteiger partial charge in [0, 0.05) is 62.5 Å². The molecule has 26 heavy (non-hydrogen) atoms. The van der Waals surface area contributed by atoms with Crippen molar-refractivity contribution in [2.24, 2.45) is 21.7 Å². The molecule has 2 spiro atoms. The van der Waals surface area contributed by atoms with Gasteiger partial charge >= 0.3 is 0 Å². The van der Waals surface area contributed by atoms with E-state index in [1.165, 1.54) is 25.7 Å². The first-order valence-corrected chi connectivity index (χ1v) is 10.0. The molecule has 6 nitrogen and oxygen atoms in total. The highest BCUT2D eigenvalue weighted by molar-refractivity contribution is 14.0.